The van der Waals surface area contributed by atoms with E-state index in [0.29, 0.717) is 0 Å². The highest BCUT2D eigenvalue weighted by molar-refractivity contribution is 7.99. The molecule has 7 heavy (non-hydrogen) atoms. The maximum atomic E-state index is 5.30. The molecule has 0 aromatic heterocycles. The Kier molecular flexibility index (Phi) is 2.00. The Morgan fingerprint density at radius 2 is 2.29 bits per heavy atom. The molecule has 1 nitrogen and oxygen atoms in total. The summed E-state index contributed by atoms with van der Waals surface area (Å²) in [5, 5.41) is 0.921. The van der Waals surface area contributed by atoms with Crippen LogP contribution in [-0.4, -0.2) is 11.1 Å². The minimum Gasteiger partial charge on any atom is -0.322 e. The van der Waals surface area contributed by atoms with Crippen LogP contribution in [0.1, 0.15) is 19.3 Å². The summed E-state index contributed by atoms with van der Waals surface area (Å²) in [5.41, 5.74) is 5.30. The van der Waals surface area contributed by atoms with Crippen molar-refractivity contribution in [3.05, 3.63) is 0 Å². The van der Waals surface area contributed by atoms with Crippen LogP contribution in [0.25, 0.3) is 0 Å². The highest BCUT2D eigenvalue weighted by Gasteiger charge is 2.15. The summed E-state index contributed by atoms with van der Waals surface area (Å²) in [4.78, 5) is 0. The summed E-state index contributed by atoms with van der Waals surface area (Å²) in [6.07, 6.45) is 4.24. The predicted molar refractivity (Wildman–Crippen MR) is 34.3 cm³/mol. The first-order valence-corrected chi connectivity index (χ1v) is 3.80. The molecule has 0 bridgehead atoms. The number of thioether (sulfide) groups is 1. The minimum atomic E-state index is 0.810. The molecule has 0 saturated heterocycles. The first kappa shape index (κ1) is 5.45. The molecule has 2 N–H and O–H groups in total. The van der Waals surface area contributed by atoms with Gasteiger partial charge in [-0.3, -0.25) is 0 Å². The van der Waals surface area contributed by atoms with Gasteiger partial charge in [0.1, 0.15) is 0 Å². The van der Waals surface area contributed by atoms with Crippen molar-refractivity contribution in [2.75, 3.05) is 5.88 Å². The molecule has 1 fully saturated rings. The van der Waals surface area contributed by atoms with E-state index < -0.39 is 0 Å². The normalized spacial score (nSPS) is 21.9. The van der Waals surface area contributed by atoms with E-state index in [1.165, 1.54) is 19.3 Å². The van der Waals surface area contributed by atoms with Crippen molar-refractivity contribution in [3.8, 4) is 0 Å². The van der Waals surface area contributed by atoms with Crippen LogP contribution < -0.4 is 5.73 Å². The smallest absolute Gasteiger partial charge is 0.0395 e. The van der Waals surface area contributed by atoms with Crippen LogP contribution in [0.5, 0.6) is 0 Å². The van der Waals surface area contributed by atoms with Crippen LogP contribution >= 0.6 is 11.8 Å². The van der Waals surface area contributed by atoms with Gasteiger partial charge in [0.25, 0.3) is 0 Å². The van der Waals surface area contributed by atoms with Gasteiger partial charge in [0.05, 0.1) is 0 Å². The number of rotatable bonds is 2. The first-order chi connectivity index (χ1) is 3.43. The lowest BCUT2D eigenvalue weighted by molar-refractivity contribution is 0.522. The van der Waals surface area contributed by atoms with Gasteiger partial charge in [-0.2, -0.15) is 0 Å². The standard InChI is InChI=1S/C5H11NS/c6-4-7-5-2-1-3-5/h5H,1-4,6H2. The maximum absolute atomic E-state index is 5.30. The van der Waals surface area contributed by atoms with Crippen molar-refractivity contribution in [1.82, 2.24) is 0 Å². The zero-order chi connectivity index (χ0) is 5.11. The molecule has 0 atom stereocenters. The van der Waals surface area contributed by atoms with Crippen molar-refractivity contribution in [2.24, 2.45) is 5.73 Å². The van der Waals surface area contributed by atoms with Crippen molar-refractivity contribution >= 4 is 11.8 Å². The van der Waals surface area contributed by atoms with Gasteiger partial charge >= 0.3 is 0 Å². The van der Waals surface area contributed by atoms with Crippen LogP contribution in [-0.2, 0) is 0 Å². The fraction of sp³-hybridized carbons (Fsp3) is 1.00. The molecule has 0 aromatic rings. The molecule has 1 aliphatic carbocycles. The number of hydrogen-bond donors (Lipinski definition) is 1. The summed E-state index contributed by atoms with van der Waals surface area (Å²) >= 11 is 1.90. The highest BCUT2D eigenvalue weighted by atomic mass is 32.2. The molecule has 0 aliphatic heterocycles. The largest absolute Gasteiger partial charge is 0.322 e. The van der Waals surface area contributed by atoms with Crippen molar-refractivity contribution in [3.63, 3.8) is 0 Å². The molecule has 1 aliphatic rings. The third-order valence-electron chi connectivity index (χ3n) is 1.38. The zero-order valence-corrected chi connectivity index (χ0v) is 5.21. The van der Waals surface area contributed by atoms with Gasteiger partial charge in [-0.15, -0.1) is 11.8 Å². The van der Waals surface area contributed by atoms with Gasteiger partial charge in [0.2, 0.25) is 0 Å². The summed E-state index contributed by atoms with van der Waals surface area (Å²) in [6.45, 7) is 0. The lowest BCUT2D eigenvalue weighted by atomic mass is 10.0. The van der Waals surface area contributed by atoms with E-state index in [0.717, 1.165) is 11.1 Å². The number of hydrogen-bond acceptors (Lipinski definition) is 2. The summed E-state index contributed by atoms with van der Waals surface area (Å²) in [7, 11) is 0. The van der Waals surface area contributed by atoms with Crippen LogP contribution in [0, 0.1) is 0 Å². The number of nitrogens with two attached hydrogens (primary N) is 1. The molecular weight excluding hydrogens is 106 g/mol. The van der Waals surface area contributed by atoms with Gasteiger partial charge in [-0.1, -0.05) is 6.42 Å². The predicted octanol–water partition coefficient (Wildman–Crippen LogP) is 1.19. The average Bonchev–Trinajstić information content (AvgIpc) is 1.55. The third kappa shape index (κ3) is 1.35. The fourth-order valence-corrected chi connectivity index (χ4v) is 1.61. The summed E-state index contributed by atoms with van der Waals surface area (Å²) < 4.78 is 0. The molecule has 42 valence electrons. The molecule has 0 unspecified atom stereocenters. The minimum absolute atomic E-state index is 0.810. The highest BCUT2D eigenvalue weighted by Crippen LogP contribution is 2.29. The zero-order valence-electron chi connectivity index (χ0n) is 4.39. The van der Waals surface area contributed by atoms with Crippen LogP contribution in [0.15, 0.2) is 0 Å². The molecule has 1 rings (SSSR count). The quantitative estimate of drug-likeness (QED) is 0.550. The Balaban J connectivity index is 1.93. The van der Waals surface area contributed by atoms with E-state index in [-0.39, 0.29) is 0 Å². The third-order valence-corrected chi connectivity index (χ3v) is 2.52. The Hall–Kier alpha value is 0.310. The lowest BCUT2D eigenvalue weighted by Gasteiger charge is -2.23. The van der Waals surface area contributed by atoms with Crippen LogP contribution in [0.3, 0.4) is 0 Å². The van der Waals surface area contributed by atoms with E-state index in [9.17, 15) is 0 Å². The Morgan fingerprint density at radius 1 is 1.57 bits per heavy atom. The van der Waals surface area contributed by atoms with Gasteiger partial charge < -0.3 is 5.73 Å². The van der Waals surface area contributed by atoms with E-state index >= 15 is 0 Å². The van der Waals surface area contributed by atoms with Crippen molar-refractivity contribution in [2.45, 2.75) is 24.5 Å². The SMILES string of the molecule is NCSC1CCC1. The van der Waals surface area contributed by atoms with Crippen molar-refractivity contribution < 1.29 is 0 Å². The van der Waals surface area contributed by atoms with Gasteiger partial charge in [0, 0.05) is 11.1 Å². The second kappa shape index (κ2) is 2.58. The van der Waals surface area contributed by atoms with E-state index in [1.807, 2.05) is 11.8 Å². The summed E-state index contributed by atoms with van der Waals surface area (Å²) in [6, 6.07) is 0. The molecule has 0 heterocycles. The Bertz CT molecular complexity index is 52.0. The average molecular weight is 117 g/mol. The molecule has 0 spiro atoms. The van der Waals surface area contributed by atoms with E-state index in [2.05, 4.69) is 0 Å². The second-order valence-electron chi connectivity index (χ2n) is 1.89. The topological polar surface area (TPSA) is 26.0 Å². The monoisotopic (exact) mass is 117 g/mol. The molecule has 1 saturated carbocycles. The van der Waals surface area contributed by atoms with Gasteiger partial charge in [0.15, 0.2) is 0 Å². The van der Waals surface area contributed by atoms with E-state index in [1.54, 1.807) is 0 Å². The Morgan fingerprint density at radius 3 is 2.43 bits per heavy atom. The van der Waals surface area contributed by atoms with Crippen LogP contribution in [0.2, 0.25) is 0 Å². The van der Waals surface area contributed by atoms with Gasteiger partial charge in [-0.25, -0.2) is 0 Å². The molecular formula is C5H11NS. The molecule has 0 radical (unpaired) electrons. The second-order valence-corrected chi connectivity index (χ2v) is 3.22. The van der Waals surface area contributed by atoms with Crippen LogP contribution in [0.4, 0.5) is 0 Å². The first-order valence-electron chi connectivity index (χ1n) is 2.75. The van der Waals surface area contributed by atoms with E-state index in [4.69, 9.17) is 5.73 Å². The van der Waals surface area contributed by atoms with Gasteiger partial charge in [-0.05, 0) is 12.8 Å². The lowest BCUT2D eigenvalue weighted by Crippen LogP contribution is -2.15. The molecule has 2 heteroatoms. The van der Waals surface area contributed by atoms with Crippen molar-refractivity contribution in [1.29, 1.82) is 0 Å². The molecule has 0 aromatic carbocycles. The fourth-order valence-electron chi connectivity index (χ4n) is 0.674. The summed E-state index contributed by atoms with van der Waals surface area (Å²) in [5.74, 6) is 0.810. The Labute approximate surface area is 48.7 Å². The maximum Gasteiger partial charge on any atom is 0.0395 e. The molecule has 0 amide bonds.